The zero-order valence-corrected chi connectivity index (χ0v) is 11.6. The summed E-state index contributed by atoms with van der Waals surface area (Å²) >= 11 is 0. The molecule has 1 aromatic carbocycles. The number of rotatable bonds is 6. The van der Waals surface area contributed by atoms with Gasteiger partial charge < -0.3 is 14.8 Å². The van der Waals surface area contributed by atoms with Crippen molar-refractivity contribution in [3.05, 3.63) is 30.5 Å². The van der Waals surface area contributed by atoms with Crippen molar-refractivity contribution in [2.24, 2.45) is 0 Å². The van der Waals surface area contributed by atoms with E-state index < -0.39 is 6.61 Å². The second-order valence-corrected chi connectivity index (χ2v) is 4.04. The number of methoxy groups -OCH3 is 1. The van der Waals surface area contributed by atoms with Crippen molar-refractivity contribution in [2.75, 3.05) is 19.0 Å². The topological polar surface area (TPSA) is 56.3 Å². The number of nitrogens with zero attached hydrogens (tertiary/aromatic N) is 2. The first-order valence-electron chi connectivity index (χ1n) is 6.34. The molecule has 0 aliphatic rings. The number of hydrogen-bond acceptors (Lipinski definition) is 5. The summed E-state index contributed by atoms with van der Waals surface area (Å²) in [5.41, 5.74) is 0.561. The lowest BCUT2D eigenvalue weighted by molar-refractivity contribution is -0.0511. The molecule has 0 atom stereocenters. The molecule has 1 heterocycles. The van der Waals surface area contributed by atoms with E-state index in [2.05, 4.69) is 20.0 Å². The van der Waals surface area contributed by atoms with Gasteiger partial charge in [-0.05, 0) is 31.2 Å². The molecule has 2 aromatic rings. The molecule has 0 unspecified atom stereocenters. The van der Waals surface area contributed by atoms with Gasteiger partial charge in [0.25, 0.3) is 0 Å². The Balaban J connectivity index is 2.37. The highest BCUT2D eigenvalue weighted by molar-refractivity contribution is 5.62. The highest BCUT2D eigenvalue weighted by Crippen LogP contribution is 2.32. The summed E-state index contributed by atoms with van der Waals surface area (Å²) in [7, 11) is 1.38. The Kier molecular flexibility index (Phi) is 4.86. The molecule has 112 valence electrons. The van der Waals surface area contributed by atoms with Crippen LogP contribution in [0, 0.1) is 0 Å². The van der Waals surface area contributed by atoms with Gasteiger partial charge in [0.2, 0.25) is 0 Å². The second kappa shape index (κ2) is 6.83. The van der Waals surface area contributed by atoms with Crippen LogP contribution in [-0.4, -0.2) is 30.2 Å². The van der Waals surface area contributed by atoms with Crippen LogP contribution in [0.4, 0.5) is 14.6 Å². The van der Waals surface area contributed by atoms with E-state index in [4.69, 9.17) is 4.74 Å². The fourth-order valence-corrected chi connectivity index (χ4v) is 1.78. The fourth-order valence-electron chi connectivity index (χ4n) is 1.78. The van der Waals surface area contributed by atoms with E-state index in [1.54, 1.807) is 18.3 Å². The maximum Gasteiger partial charge on any atom is 0.387 e. The minimum absolute atomic E-state index is 0.0533. The molecule has 0 fully saturated rings. The van der Waals surface area contributed by atoms with E-state index in [9.17, 15) is 8.78 Å². The SMILES string of the molecule is CCNc1ccnc(-c2ccc(OC)c(OC(F)F)c2)n1. The lowest BCUT2D eigenvalue weighted by atomic mass is 10.2. The summed E-state index contributed by atoms with van der Waals surface area (Å²) in [6.45, 7) is -0.258. The predicted molar refractivity (Wildman–Crippen MR) is 74.8 cm³/mol. The average Bonchev–Trinajstić information content (AvgIpc) is 2.47. The summed E-state index contributed by atoms with van der Waals surface area (Å²) in [6.07, 6.45) is 1.60. The first-order valence-corrected chi connectivity index (χ1v) is 6.34. The summed E-state index contributed by atoms with van der Waals surface area (Å²) < 4.78 is 34.3. The Morgan fingerprint density at radius 1 is 1.24 bits per heavy atom. The number of hydrogen-bond donors (Lipinski definition) is 1. The van der Waals surface area contributed by atoms with Gasteiger partial charge in [-0.3, -0.25) is 0 Å². The molecule has 0 saturated heterocycles. The minimum Gasteiger partial charge on any atom is -0.493 e. The van der Waals surface area contributed by atoms with Crippen LogP contribution in [0.5, 0.6) is 11.5 Å². The van der Waals surface area contributed by atoms with Gasteiger partial charge in [-0.25, -0.2) is 9.97 Å². The predicted octanol–water partition coefficient (Wildman–Crippen LogP) is 3.19. The van der Waals surface area contributed by atoms with Crippen LogP contribution in [-0.2, 0) is 0 Å². The monoisotopic (exact) mass is 295 g/mol. The molecule has 0 radical (unpaired) electrons. The van der Waals surface area contributed by atoms with Gasteiger partial charge in [-0.1, -0.05) is 0 Å². The molecule has 0 spiro atoms. The average molecular weight is 295 g/mol. The molecule has 0 aliphatic carbocycles. The highest BCUT2D eigenvalue weighted by Gasteiger charge is 2.13. The molecule has 0 bridgehead atoms. The van der Waals surface area contributed by atoms with Crippen molar-refractivity contribution in [1.82, 2.24) is 9.97 Å². The van der Waals surface area contributed by atoms with Crippen molar-refractivity contribution in [2.45, 2.75) is 13.5 Å². The summed E-state index contributed by atoms with van der Waals surface area (Å²) in [6, 6.07) is 6.38. The van der Waals surface area contributed by atoms with E-state index >= 15 is 0 Å². The third-order valence-corrected chi connectivity index (χ3v) is 2.65. The van der Waals surface area contributed by atoms with Gasteiger partial charge >= 0.3 is 6.61 Å². The Hall–Kier alpha value is -2.44. The Morgan fingerprint density at radius 3 is 2.71 bits per heavy atom. The molecule has 1 N–H and O–H groups in total. The van der Waals surface area contributed by atoms with Crippen LogP contribution < -0.4 is 14.8 Å². The quantitative estimate of drug-likeness (QED) is 0.887. The van der Waals surface area contributed by atoms with Crippen molar-refractivity contribution >= 4 is 5.82 Å². The van der Waals surface area contributed by atoms with Crippen molar-refractivity contribution < 1.29 is 18.3 Å². The smallest absolute Gasteiger partial charge is 0.387 e. The van der Waals surface area contributed by atoms with Crippen molar-refractivity contribution in [1.29, 1.82) is 0 Å². The molecule has 1 aromatic heterocycles. The lowest BCUT2D eigenvalue weighted by Gasteiger charge is -2.11. The normalized spacial score (nSPS) is 10.5. The number of benzene rings is 1. The number of halogens is 2. The number of alkyl halides is 2. The zero-order valence-electron chi connectivity index (χ0n) is 11.6. The van der Waals surface area contributed by atoms with Crippen LogP contribution in [0.25, 0.3) is 11.4 Å². The molecule has 21 heavy (non-hydrogen) atoms. The zero-order chi connectivity index (χ0) is 15.2. The fraction of sp³-hybridized carbons (Fsp3) is 0.286. The molecule has 5 nitrogen and oxygen atoms in total. The molecular weight excluding hydrogens is 280 g/mol. The maximum absolute atomic E-state index is 12.4. The number of aromatic nitrogens is 2. The lowest BCUT2D eigenvalue weighted by Crippen LogP contribution is -2.04. The van der Waals surface area contributed by atoms with Crippen LogP contribution in [0.2, 0.25) is 0 Å². The van der Waals surface area contributed by atoms with Gasteiger partial charge in [0.15, 0.2) is 17.3 Å². The number of anilines is 1. The molecule has 0 aliphatic heterocycles. The largest absolute Gasteiger partial charge is 0.493 e. The summed E-state index contributed by atoms with van der Waals surface area (Å²) in [5.74, 6) is 1.24. The molecule has 0 amide bonds. The van der Waals surface area contributed by atoms with Crippen molar-refractivity contribution in [3.63, 3.8) is 0 Å². The molecule has 0 saturated carbocycles. The Labute approximate surface area is 120 Å². The molecule has 7 heteroatoms. The van der Waals surface area contributed by atoms with Crippen LogP contribution in [0.3, 0.4) is 0 Å². The van der Waals surface area contributed by atoms with E-state index in [0.29, 0.717) is 17.2 Å². The first-order chi connectivity index (χ1) is 10.1. The molecule has 2 rings (SSSR count). The van der Waals surface area contributed by atoms with Gasteiger partial charge in [0.05, 0.1) is 7.11 Å². The standard InChI is InChI=1S/C14H15F2N3O2/c1-3-17-12-6-7-18-13(19-12)9-4-5-10(20-2)11(8-9)21-14(15)16/h4-8,14H,3H2,1-2H3,(H,17,18,19). The van der Waals surface area contributed by atoms with E-state index in [1.165, 1.54) is 19.2 Å². The Morgan fingerprint density at radius 2 is 2.05 bits per heavy atom. The van der Waals surface area contributed by atoms with E-state index in [0.717, 1.165) is 6.54 Å². The number of ether oxygens (including phenoxy) is 2. The highest BCUT2D eigenvalue weighted by atomic mass is 19.3. The van der Waals surface area contributed by atoms with Crippen LogP contribution >= 0.6 is 0 Å². The first kappa shape index (κ1) is 15.0. The van der Waals surface area contributed by atoms with Crippen molar-refractivity contribution in [3.8, 4) is 22.9 Å². The van der Waals surface area contributed by atoms with Gasteiger partial charge in [-0.2, -0.15) is 8.78 Å². The number of nitrogens with one attached hydrogen (secondary N) is 1. The molecular formula is C14H15F2N3O2. The third-order valence-electron chi connectivity index (χ3n) is 2.65. The summed E-state index contributed by atoms with van der Waals surface area (Å²) in [4.78, 5) is 8.44. The van der Waals surface area contributed by atoms with Gasteiger partial charge in [0.1, 0.15) is 5.82 Å². The van der Waals surface area contributed by atoms with Crippen LogP contribution in [0.1, 0.15) is 6.92 Å². The third kappa shape index (κ3) is 3.77. The Bertz CT molecular complexity index is 609. The van der Waals surface area contributed by atoms with Gasteiger partial charge in [0, 0.05) is 18.3 Å². The minimum atomic E-state index is -2.93. The maximum atomic E-state index is 12.4. The van der Waals surface area contributed by atoms with Crippen LogP contribution in [0.15, 0.2) is 30.5 Å². The summed E-state index contributed by atoms with van der Waals surface area (Å²) in [5, 5.41) is 3.06. The van der Waals surface area contributed by atoms with E-state index in [1.807, 2.05) is 6.92 Å². The second-order valence-electron chi connectivity index (χ2n) is 4.04. The van der Waals surface area contributed by atoms with Gasteiger partial charge in [-0.15, -0.1) is 0 Å². The van der Waals surface area contributed by atoms with E-state index in [-0.39, 0.29) is 11.5 Å².